The van der Waals surface area contributed by atoms with Crippen molar-refractivity contribution in [2.24, 2.45) is 5.73 Å². The molecule has 0 spiro atoms. The second-order valence-electron chi connectivity index (χ2n) is 4.18. The lowest BCUT2D eigenvalue weighted by Crippen LogP contribution is -2.29. The molecule has 1 rings (SSSR count). The highest BCUT2D eigenvalue weighted by molar-refractivity contribution is 7.80. The molecule has 0 amide bonds. The van der Waals surface area contributed by atoms with Gasteiger partial charge in [0, 0.05) is 0 Å². The highest BCUT2D eigenvalue weighted by Crippen LogP contribution is 2.10. The first-order valence-electron chi connectivity index (χ1n) is 5.80. The molecule has 3 heteroatoms. The topological polar surface area (TPSA) is 29.3 Å². The first-order chi connectivity index (χ1) is 6.79. The molecule has 0 aromatic rings. The molecule has 2 nitrogen and oxygen atoms in total. The van der Waals surface area contributed by atoms with Crippen LogP contribution in [0.25, 0.3) is 0 Å². The van der Waals surface area contributed by atoms with Crippen LogP contribution in [0.4, 0.5) is 0 Å². The van der Waals surface area contributed by atoms with Gasteiger partial charge in [0.25, 0.3) is 0 Å². The zero-order valence-electron chi connectivity index (χ0n) is 9.00. The quantitative estimate of drug-likeness (QED) is 0.728. The second-order valence-corrected chi connectivity index (χ2v) is 4.70. The summed E-state index contributed by atoms with van der Waals surface area (Å²) in [5, 5.41) is 0. The maximum Gasteiger partial charge on any atom is 0.0727 e. The second kappa shape index (κ2) is 7.18. The van der Waals surface area contributed by atoms with Crippen molar-refractivity contribution in [3.63, 3.8) is 0 Å². The van der Waals surface area contributed by atoms with Crippen molar-refractivity contribution in [1.29, 1.82) is 0 Å². The van der Waals surface area contributed by atoms with E-state index in [1.54, 1.807) is 0 Å². The summed E-state index contributed by atoms with van der Waals surface area (Å²) in [6.45, 7) is 3.73. The summed E-state index contributed by atoms with van der Waals surface area (Å²) < 4.78 is 0. The first kappa shape index (κ1) is 11.9. The van der Waals surface area contributed by atoms with Crippen molar-refractivity contribution in [2.75, 3.05) is 19.6 Å². The molecule has 1 aliphatic rings. The van der Waals surface area contributed by atoms with Crippen molar-refractivity contribution in [2.45, 2.75) is 44.9 Å². The fourth-order valence-corrected chi connectivity index (χ4v) is 2.16. The smallest absolute Gasteiger partial charge is 0.0727 e. The number of thiocarbonyl (C=S) groups is 1. The molecular formula is C11H22N2S. The van der Waals surface area contributed by atoms with Gasteiger partial charge >= 0.3 is 0 Å². The van der Waals surface area contributed by atoms with Crippen LogP contribution in [-0.2, 0) is 0 Å². The molecule has 2 N–H and O–H groups in total. The zero-order valence-corrected chi connectivity index (χ0v) is 9.82. The van der Waals surface area contributed by atoms with Gasteiger partial charge in [-0.1, -0.05) is 31.5 Å². The predicted octanol–water partition coefficient (Wildman–Crippen LogP) is 2.32. The van der Waals surface area contributed by atoms with Gasteiger partial charge in [0.15, 0.2) is 0 Å². The van der Waals surface area contributed by atoms with E-state index in [-0.39, 0.29) is 0 Å². The Morgan fingerprint density at radius 3 is 2.21 bits per heavy atom. The highest BCUT2D eigenvalue weighted by Gasteiger charge is 2.07. The van der Waals surface area contributed by atoms with E-state index in [0.717, 1.165) is 12.8 Å². The molecule has 0 radical (unpaired) electrons. The summed E-state index contributed by atoms with van der Waals surface area (Å²) >= 11 is 4.87. The standard InChI is InChI=1S/C11H22N2S/c12-11(14)7-6-10-13-8-4-2-1-3-5-9-13/h1-10H2,(H2,12,14). The van der Waals surface area contributed by atoms with E-state index >= 15 is 0 Å². The fourth-order valence-electron chi connectivity index (χ4n) is 2.01. The normalized spacial score (nSPS) is 20.0. The van der Waals surface area contributed by atoms with Crippen molar-refractivity contribution < 1.29 is 0 Å². The Balaban J connectivity index is 2.10. The Kier molecular flexibility index (Phi) is 6.12. The van der Waals surface area contributed by atoms with E-state index in [9.17, 15) is 0 Å². The van der Waals surface area contributed by atoms with Crippen LogP contribution in [-0.4, -0.2) is 29.5 Å². The third kappa shape index (κ3) is 5.55. The van der Waals surface area contributed by atoms with Gasteiger partial charge in [-0.15, -0.1) is 0 Å². The maximum absolute atomic E-state index is 5.48. The van der Waals surface area contributed by atoms with Gasteiger partial charge < -0.3 is 10.6 Å². The monoisotopic (exact) mass is 214 g/mol. The van der Waals surface area contributed by atoms with Crippen LogP contribution in [0.5, 0.6) is 0 Å². The Hall–Kier alpha value is -0.150. The molecule has 1 aliphatic heterocycles. The van der Waals surface area contributed by atoms with Crippen LogP contribution in [0.2, 0.25) is 0 Å². The lowest BCUT2D eigenvalue weighted by atomic mass is 10.1. The van der Waals surface area contributed by atoms with Crippen LogP contribution in [0.3, 0.4) is 0 Å². The average Bonchev–Trinajstić information content (AvgIpc) is 2.07. The van der Waals surface area contributed by atoms with E-state index in [0.29, 0.717) is 4.99 Å². The molecule has 14 heavy (non-hydrogen) atoms. The predicted molar refractivity (Wildman–Crippen MR) is 65.5 cm³/mol. The van der Waals surface area contributed by atoms with E-state index < -0.39 is 0 Å². The number of hydrogen-bond donors (Lipinski definition) is 1. The van der Waals surface area contributed by atoms with E-state index in [1.165, 1.54) is 51.7 Å². The Morgan fingerprint density at radius 2 is 1.64 bits per heavy atom. The maximum atomic E-state index is 5.48. The van der Waals surface area contributed by atoms with Crippen LogP contribution >= 0.6 is 12.2 Å². The summed E-state index contributed by atoms with van der Waals surface area (Å²) in [4.78, 5) is 3.23. The van der Waals surface area contributed by atoms with Crippen molar-refractivity contribution >= 4 is 17.2 Å². The molecule has 0 aliphatic carbocycles. The summed E-state index contributed by atoms with van der Waals surface area (Å²) in [5.41, 5.74) is 5.48. The summed E-state index contributed by atoms with van der Waals surface area (Å²) in [5.74, 6) is 0. The number of nitrogens with zero attached hydrogens (tertiary/aromatic N) is 1. The zero-order chi connectivity index (χ0) is 10.2. The van der Waals surface area contributed by atoms with Crippen LogP contribution in [0.1, 0.15) is 44.9 Å². The fraction of sp³-hybridized carbons (Fsp3) is 0.909. The third-order valence-electron chi connectivity index (χ3n) is 2.85. The summed E-state index contributed by atoms with van der Waals surface area (Å²) in [6, 6.07) is 0. The van der Waals surface area contributed by atoms with E-state index in [4.69, 9.17) is 18.0 Å². The SMILES string of the molecule is NC(=S)CCCN1CCCCCCC1. The molecule has 0 bridgehead atoms. The highest BCUT2D eigenvalue weighted by atomic mass is 32.1. The molecule has 0 aromatic carbocycles. The lowest BCUT2D eigenvalue weighted by molar-refractivity contribution is 0.246. The van der Waals surface area contributed by atoms with Gasteiger partial charge in [-0.05, 0) is 45.3 Å². The summed E-state index contributed by atoms with van der Waals surface area (Å²) in [6.07, 6.45) is 9.03. The molecule has 0 saturated carbocycles. The van der Waals surface area contributed by atoms with E-state index in [2.05, 4.69) is 4.90 Å². The molecule has 1 saturated heterocycles. The third-order valence-corrected chi connectivity index (χ3v) is 3.05. The van der Waals surface area contributed by atoms with Crippen LogP contribution in [0.15, 0.2) is 0 Å². The van der Waals surface area contributed by atoms with Crippen molar-refractivity contribution in [3.8, 4) is 0 Å². The van der Waals surface area contributed by atoms with Crippen molar-refractivity contribution in [1.82, 2.24) is 4.90 Å². The van der Waals surface area contributed by atoms with Gasteiger partial charge in [-0.3, -0.25) is 0 Å². The van der Waals surface area contributed by atoms with Gasteiger partial charge in [0.2, 0.25) is 0 Å². The molecular weight excluding hydrogens is 192 g/mol. The average molecular weight is 214 g/mol. The number of rotatable bonds is 4. The van der Waals surface area contributed by atoms with Gasteiger partial charge in [0.05, 0.1) is 4.99 Å². The lowest BCUT2D eigenvalue weighted by Gasteiger charge is -2.24. The first-order valence-corrected chi connectivity index (χ1v) is 6.20. The van der Waals surface area contributed by atoms with Gasteiger partial charge in [0.1, 0.15) is 0 Å². The Labute approximate surface area is 92.8 Å². The number of likely N-dealkylation sites (tertiary alicyclic amines) is 1. The Bertz CT molecular complexity index is 163. The van der Waals surface area contributed by atoms with Crippen LogP contribution in [0, 0.1) is 0 Å². The van der Waals surface area contributed by atoms with Gasteiger partial charge in [-0.2, -0.15) is 0 Å². The minimum Gasteiger partial charge on any atom is -0.393 e. The number of hydrogen-bond acceptors (Lipinski definition) is 2. The van der Waals surface area contributed by atoms with Gasteiger partial charge in [-0.25, -0.2) is 0 Å². The molecule has 0 atom stereocenters. The number of nitrogens with two attached hydrogens (primary N) is 1. The molecule has 82 valence electrons. The summed E-state index contributed by atoms with van der Waals surface area (Å²) in [7, 11) is 0. The van der Waals surface area contributed by atoms with E-state index in [1.807, 2.05) is 0 Å². The molecule has 0 unspecified atom stereocenters. The van der Waals surface area contributed by atoms with Crippen molar-refractivity contribution in [3.05, 3.63) is 0 Å². The molecule has 0 aromatic heterocycles. The molecule has 1 heterocycles. The Morgan fingerprint density at radius 1 is 1.07 bits per heavy atom. The molecule has 1 fully saturated rings. The largest absolute Gasteiger partial charge is 0.393 e. The van der Waals surface area contributed by atoms with Crippen LogP contribution < -0.4 is 5.73 Å². The minimum atomic E-state index is 0.664. The minimum absolute atomic E-state index is 0.664.